The highest BCUT2D eigenvalue weighted by Crippen LogP contribution is 2.23. The number of sulfonamides is 1. The standard InChI is InChI=1S/C22H35N3O3S/c1-17(2)20-5-7-21(8-6-20)29(27,28)25-11-9-23(10-12-25)16-22(26)24-14-18(3)13-19(4)15-24/h5-8,17-19H,9-16H2,1-4H3. The van der Waals surface area contributed by atoms with E-state index in [4.69, 9.17) is 0 Å². The largest absolute Gasteiger partial charge is 0.341 e. The second-order valence-corrected chi connectivity index (χ2v) is 11.1. The Labute approximate surface area is 175 Å². The molecule has 1 amide bonds. The lowest BCUT2D eigenvalue weighted by Gasteiger charge is -2.38. The molecule has 2 atom stereocenters. The summed E-state index contributed by atoms with van der Waals surface area (Å²) in [7, 11) is -3.48. The summed E-state index contributed by atoms with van der Waals surface area (Å²) in [6.45, 7) is 12.7. The number of carbonyl (C=O) groups excluding carboxylic acids is 1. The number of hydrogen-bond donors (Lipinski definition) is 0. The van der Waals surface area contributed by atoms with Crippen molar-refractivity contribution in [2.75, 3.05) is 45.8 Å². The van der Waals surface area contributed by atoms with Gasteiger partial charge in [0.15, 0.2) is 0 Å². The smallest absolute Gasteiger partial charge is 0.243 e. The zero-order valence-electron chi connectivity index (χ0n) is 18.2. The van der Waals surface area contributed by atoms with Crippen LogP contribution in [-0.2, 0) is 14.8 Å². The van der Waals surface area contributed by atoms with Crippen LogP contribution in [0.2, 0.25) is 0 Å². The lowest BCUT2D eigenvalue weighted by atomic mass is 9.92. The highest BCUT2D eigenvalue weighted by atomic mass is 32.2. The topological polar surface area (TPSA) is 60.9 Å². The van der Waals surface area contributed by atoms with Crippen molar-refractivity contribution in [2.24, 2.45) is 11.8 Å². The molecule has 0 radical (unpaired) electrons. The minimum absolute atomic E-state index is 0.170. The van der Waals surface area contributed by atoms with Gasteiger partial charge in [0.1, 0.15) is 0 Å². The fourth-order valence-electron chi connectivity index (χ4n) is 4.46. The molecule has 0 spiro atoms. The highest BCUT2D eigenvalue weighted by Gasteiger charge is 2.31. The van der Waals surface area contributed by atoms with Gasteiger partial charge >= 0.3 is 0 Å². The van der Waals surface area contributed by atoms with E-state index in [1.54, 1.807) is 16.4 Å². The Balaban J connectivity index is 1.55. The van der Waals surface area contributed by atoms with Crippen molar-refractivity contribution < 1.29 is 13.2 Å². The van der Waals surface area contributed by atoms with Crippen LogP contribution in [0.1, 0.15) is 45.6 Å². The Morgan fingerprint density at radius 1 is 1.00 bits per heavy atom. The van der Waals surface area contributed by atoms with E-state index in [1.165, 1.54) is 6.42 Å². The Morgan fingerprint density at radius 2 is 1.55 bits per heavy atom. The molecule has 1 aromatic carbocycles. The molecule has 2 unspecified atom stereocenters. The van der Waals surface area contributed by atoms with Crippen molar-refractivity contribution in [3.05, 3.63) is 29.8 Å². The number of rotatable bonds is 5. The summed E-state index contributed by atoms with van der Waals surface area (Å²) in [5, 5.41) is 0. The number of carbonyl (C=O) groups is 1. The first-order valence-corrected chi connectivity index (χ1v) is 12.2. The molecule has 7 heteroatoms. The number of piperidine rings is 1. The molecular formula is C22H35N3O3S. The van der Waals surface area contributed by atoms with Gasteiger partial charge in [-0.3, -0.25) is 9.69 Å². The van der Waals surface area contributed by atoms with Gasteiger partial charge in [-0.05, 0) is 41.9 Å². The second kappa shape index (κ2) is 9.14. The normalized spacial score (nSPS) is 24.8. The number of piperazine rings is 1. The number of nitrogens with zero attached hydrogens (tertiary/aromatic N) is 3. The van der Waals surface area contributed by atoms with Crippen LogP contribution in [-0.4, -0.2) is 74.2 Å². The summed E-state index contributed by atoms with van der Waals surface area (Å²) in [6.07, 6.45) is 1.18. The summed E-state index contributed by atoms with van der Waals surface area (Å²) in [6, 6.07) is 7.21. The molecule has 0 aromatic heterocycles. The van der Waals surface area contributed by atoms with Gasteiger partial charge in [0.25, 0.3) is 0 Å². The average Bonchev–Trinajstić information content (AvgIpc) is 2.67. The Hall–Kier alpha value is -1.44. The van der Waals surface area contributed by atoms with E-state index in [0.29, 0.717) is 55.4 Å². The molecule has 6 nitrogen and oxygen atoms in total. The molecular weight excluding hydrogens is 386 g/mol. The lowest BCUT2D eigenvalue weighted by Crippen LogP contribution is -2.52. The zero-order valence-corrected chi connectivity index (χ0v) is 19.0. The molecule has 0 aliphatic carbocycles. The van der Waals surface area contributed by atoms with Crippen LogP contribution in [0.3, 0.4) is 0 Å². The van der Waals surface area contributed by atoms with Gasteiger partial charge in [-0.2, -0.15) is 4.31 Å². The molecule has 2 fully saturated rings. The molecule has 2 saturated heterocycles. The SMILES string of the molecule is CC1CC(C)CN(C(=O)CN2CCN(S(=O)(=O)c3ccc(C(C)C)cc3)CC2)C1. The van der Waals surface area contributed by atoms with Gasteiger partial charge in [0.05, 0.1) is 11.4 Å². The predicted molar refractivity (Wildman–Crippen MR) is 115 cm³/mol. The van der Waals surface area contributed by atoms with Crippen LogP contribution in [0.25, 0.3) is 0 Å². The van der Waals surface area contributed by atoms with Crippen molar-refractivity contribution in [3.63, 3.8) is 0 Å². The predicted octanol–water partition coefficient (Wildman–Crippen LogP) is 2.62. The first-order valence-electron chi connectivity index (χ1n) is 10.8. The molecule has 0 bridgehead atoms. The van der Waals surface area contributed by atoms with Crippen molar-refractivity contribution >= 4 is 15.9 Å². The third-order valence-corrected chi connectivity index (χ3v) is 8.01. The third-order valence-electron chi connectivity index (χ3n) is 6.10. The van der Waals surface area contributed by atoms with Gasteiger partial charge in [0.2, 0.25) is 15.9 Å². The summed E-state index contributed by atoms with van der Waals surface area (Å²) in [5.41, 5.74) is 1.13. The van der Waals surface area contributed by atoms with Crippen molar-refractivity contribution in [1.29, 1.82) is 0 Å². The van der Waals surface area contributed by atoms with Gasteiger partial charge in [-0.1, -0.05) is 39.8 Å². The van der Waals surface area contributed by atoms with Crippen LogP contribution < -0.4 is 0 Å². The van der Waals surface area contributed by atoms with Crippen molar-refractivity contribution in [3.8, 4) is 0 Å². The molecule has 162 valence electrons. The highest BCUT2D eigenvalue weighted by molar-refractivity contribution is 7.89. The number of benzene rings is 1. The number of amides is 1. The van der Waals surface area contributed by atoms with E-state index in [1.807, 2.05) is 17.0 Å². The Kier molecular flexibility index (Phi) is 7.02. The second-order valence-electron chi connectivity index (χ2n) is 9.15. The minimum Gasteiger partial charge on any atom is -0.341 e. The summed E-state index contributed by atoms with van der Waals surface area (Å²) in [5.74, 6) is 1.64. The molecule has 0 N–H and O–H groups in total. The van der Waals surface area contributed by atoms with Gasteiger partial charge in [0, 0.05) is 39.3 Å². The maximum atomic E-state index is 12.9. The maximum Gasteiger partial charge on any atom is 0.243 e. The summed E-state index contributed by atoms with van der Waals surface area (Å²) >= 11 is 0. The zero-order chi connectivity index (χ0) is 21.2. The van der Waals surface area contributed by atoms with E-state index in [9.17, 15) is 13.2 Å². The lowest BCUT2D eigenvalue weighted by molar-refractivity contribution is -0.135. The minimum atomic E-state index is -3.48. The van der Waals surface area contributed by atoms with Crippen LogP contribution >= 0.6 is 0 Å². The first-order chi connectivity index (χ1) is 13.7. The summed E-state index contributed by atoms with van der Waals surface area (Å²) in [4.78, 5) is 17.1. The number of hydrogen-bond acceptors (Lipinski definition) is 4. The van der Waals surface area contributed by atoms with Gasteiger partial charge in [-0.15, -0.1) is 0 Å². The van der Waals surface area contributed by atoms with Crippen LogP contribution in [0.5, 0.6) is 0 Å². The Bertz CT molecular complexity index is 789. The van der Waals surface area contributed by atoms with E-state index < -0.39 is 10.0 Å². The summed E-state index contributed by atoms with van der Waals surface area (Å²) < 4.78 is 27.4. The maximum absolute atomic E-state index is 12.9. The van der Waals surface area contributed by atoms with Crippen LogP contribution in [0, 0.1) is 11.8 Å². The monoisotopic (exact) mass is 421 g/mol. The first kappa shape index (κ1) is 22.2. The average molecular weight is 422 g/mol. The molecule has 29 heavy (non-hydrogen) atoms. The quantitative estimate of drug-likeness (QED) is 0.733. The van der Waals surface area contributed by atoms with E-state index >= 15 is 0 Å². The molecule has 0 saturated carbocycles. The number of likely N-dealkylation sites (tertiary alicyclic amines) is 1. The molecule has 2 aliphatic rings. The van der Waals surface area contributed by atoms with Crippen molar-refractivity contribution in [1.82, 2.24) is 14.1 Å². The molecule has 2 aliphatic heterocycles. The van der Waals surface area contributed by atoms with E-state index in [0.717, 1.165) is 18.7 Å². The van der Waals surface area contributed by atoms with Crippen LogP contribution in [0.4, 0.5) is 0 Å². The molecule has 1 aromatic rings. The fourth-order valence-corrected chi connectivity index (χ4v) is 5.88. The molecule has 3 rings (SSSR count). The van der Waals surface area contributed by atoms with Crippen molar-refractivity contribution in [2.45, 2.75) is 44.9 Å². The van der Waals surface area contributed by atoms with E-state index in [2.05, 4.69) is 32.6 Å². The Morgan fingerprint density at radius 3 is 2.07 bits per heavy atom. The molecule has 2 heterocycles. The fraction of sp³-hybridized carbons (Fsp3) is 0.682. The van der Waals surface area contributed by atoms with Gasteiger partial charge in [-0.25, -0.2) is 8.42 Å². The van der Waals surface area contributed by atoms with Gasteiger partial charge < -0.3 is 4.90 Å². The third kappa shape index (κ3) is 5.38. The van der Waals surface area contributed by atoms with Crippen LogP contribution in [0.15, 0.2) is 29.2 Å². The van der Waals surface area contributed by atoms with E-state index in [-0.39, 0.29) is 5.91 Å².